The van der Waals surface area contributed by atoms with Crippen LogP contribution in [0.15, 0.2) is 0 Å². The first kappa shape index (κ1) is 17.4. The molecule has 0 spiro atoms. The first-order valence-corrected chi connectivity index (χ1v) is 8.25. The van der Waals surface area contributed by atoms with Crippen LogP contribution in [0.5, 0.6) is 0 Å². The highest BCUT2D eigenvalue weighted by Crippen LogP contribution is 2.33. The summed E-state index contributed by atoms with van der Waals surface area (Å²) in [6.07, 6.45) is 0. The van der Waals surface area contributed by atoms with E-state index in [0.29, 0.717) is 15.7 Å². The molecule has 0 saturated heterocycles. The zero-order valence-corrected chi connectivity index (χ0v) is 15.7. The van der Waals surface area contributed by atoms with Crippen molar-refractivity contribution in [2.75, 3.05) is 17.7 Å². The van der Waals surface area contributed by atoms with Gasteiger partial charge in [-0.2, -0.15) is 5.10 Å². The molecule has 2 heterocycles. The van der Waals surface area contributed by atoms with Crippen molar-refractivity contribution < 1.29 is 9.53 Å². The topological polar surface area (TPSA) is 68.2 Å². The number of aromatic nitrogens is 2. The Morgan fingerprint density at radius 3 is 2.43 bits per heavy atom. The predicted molar refractivity (Wildman–Crippen MR) is 97.7 cm³/mol. The molecule has 0 amide bonds. The minimum absolute atomic E-state index is 0.370. The minimum atomic E-state index is -0.370. The lowest BCUT2D eigenvalue weighted by Crippen LogP contribution is -2.20. The number of rotatable bonds is 3. The fraction of sp³-hybridized carbons (Fsp3) is 0.400. The monoisotopic (exact) mass is 352 g/mol. The fourth-order valence-electron chi connectivity index (χ4n) is 2.27. The molecule has 0 unspecified atom stereocenters. The largest absolute Gasteiger partial charge is 0.465 e. The van der Waals surface area contributed by atoms with Crippen LogP contribution in [0.3, 0.4) is 0 Å². The summed E-state index contributed by atoms with van der Waals surface area (Å²) in [6, 6.07) is 0. The number of hydrogen-bond acceptors (Lipinski definition) is 5. The third kappa shape index (κ3) is 3.37. The molecular formula is C15H20N4O2S2. The Morgan fingerprint density at radius 2 is 1.91 bits per heavy atom. The van der Waals surface area contributed by atoms with Gasteiger partial charge < -0.3 is 15.4 Å². The maximum atomic E-state index is 12.0. The second-order valence-electron chi connectivity index (χ2n) is 5.23. The van der Waals surface area contributed by atoms with Crippen molar-refractivity contribution in [1.82, 2.24) is 9.78 Å². The summed E-state index contributed by atoms with van der Waals surface area (Å²) in [6.45, 7) is 7.74. The lowest BCUT2D eigenvalue weighted by molar-refractivity contribution is 0.0601. The number of anilines is 2. The number of thiophene rings is 1. The number of thiocarbonyl (C=S) groups is 1. The Kier molecular flexibility index (Phi) is 5.06. The summed E-state index contributed by atoms with van der Waals surface area (Å²) >= 11 is 6.85. The summed E-state index contributed by atoms with van der Waals surface area (Å²) < 4.78 is 6.65. The van der Waals surface area contributed by atoms with E-state index in [4.69, 9.17) is 17.0 Å². The Bertz CT molecular complexity index is 777. The van der Waals surface area contributed by atoms with Crippen molar-refractivity contribution in [3.05, 3.63) is 27.4 Å². The fourth-order valence-corrected chi connectivity index (χ4v) is 3.59. The van der Waals surface area contributed by atoms with Crippen LogP contribution in [0.2, 0.25) is 0 Å². The van der Waals surface area contributed by atoms with E-state index in [2.05, 4.69) is 15.7 Å². The summed E-state index contributed by atoms with van der Waals surface area (Å²) in [5, 5.41) is 11.7. The first-order valence-electron chi connectivity index (χ1n) is 7.02. The third-order valence-electron chi connectivity index (χ3n) is 3.75. The molecule has 0 fully saturated rings. The summed E-state index contributed by atoms with van der Waals surface area (Å²) in [7, 11) is 3.25. The van der Waals surface area contributed by atoms with E-state index in [1.807, 2.05) is 34.7 Å². The number of carbonyl (C=O) groups is 1. The number of hydrogen-bond donors (Lipinski definition) is 2. The zero-order valence-electron chi connectivity index (χ0n) is 14.0. The van der Waals surface area contributed by atoms with Gasteiger partial charge in [-0.25, -0.2) is 4.79 Å². The van der Waals surface area contributed by atoms with Crippen LogP contribution in [-0.2, 0) is 11.8 Å². The Balaban J connectivity index is 2.24. The predicted octanol–water partition coefficient (Wildman–Crippen LogP) is 3.31. The standard InChI is InChI=1S/C15H20N4O2S2/c1-7-10(4)23-13(11(7)14(20)21-6)17-15(22)16-12-8(2)18-19(5)9(12)3/h1-6H3,(H2,16,17,22). The highest BCUT2D eigenvalue weighted by molar-refractivity contribution is 7.80. The Hall–Kier alpha value is -1.93. The quantitative estimate of drug-likeness (QED) is 0.652. The van der Waals surface area contributed by atoms with Crippen LogP contribution in [0.4, 0.5) is 10.7 Å². The van der Waals surface area contributed by atoms with Crippen molar-refractivity contribution in [2.24, 2.45) is 7.05 Å². The molecule has 2 aromatic rings. The highest BCUT2D eigenvalue weighted by atomic mass is 32.1. The van der Waals surface area contributed by atoms with Gasteiger partial charge in [0, 0.05) is 11.9 Å². The molecule has 0 aromatic carbocycles. The number of methoxy groups -OCH3 is 1. The number of aryl methyl sites for hydroxylation is 3. The molecule has 2 N–H and O–H groups in total. The van der Waals surface area contributed by atoms with Crippen molar-refractivity contribution in [2.45, 2.75) is 27.7 Å². The summed E-state index contributed by atoms with van der Waals surface area (Å²) in [5.74, 6) is -0.370. The summed E-state index contributed by atoms with van der Waals surface area (Å²) in [4.78, 5) is 13.0. The van der Waals surface area contributed by atoms with Gasteiger partial charge in [0.15, 0.2) is 5.11 Å². The van der Waals surface area contributed by atoms with Crippen LogP contribution >= 0.6 is 23.6 Å². The molecule has 0 saturated carbocycles. The van der Waals surface area contributed by atoms with Crippen molar-refractivity contribution in [3.8, 4) is 0 Å². The molecule has 0 aliphatic heterocycles. The van der Waals surface area contributed by atoms with Gasteiger partial charge in [-0.1, -0.05) is 0 Å². The molecule has 0 aliphatic carbocycles. The molecule has 2 aromatic heterocycles. The molecule has 0 bridgehead atoms. The number of esters is 1. The van der Waals surface area contributed by atoms with Crippen LogP contribution in [-0.4, -0.2) is 28.0 Å². The molecular weight excluding hydrogens is 332 g/mol. The van der Waals surface area contributed by atoms with E-state index in [9.17, 15) is 4.79 Å². The maximum absolute atomic E-state index is 12.0. The average molecular weight is 352 g/mol. The lowest BCUT2D eigenvalue weighted by Gasteiger charge is -2.11. The van der Waals surface area contributed by atoms with Gasteiger partial charge in [-0.3, -0.25) is 4.68 Å². The molecule has 124 valence electrons. The molecule has 6 nitrogen and oxygen atoms in total. The Morgan fingerprint density at radius 1 is 1.26 bits per heavy atom. The van der Waals surface area contributed by atoms with Gasteiger partial charge in [0.2, 0.25) is 0 Å². The van der Waals surface area contributed by atoms with Gasteiger partial charge >= 0.3 is 5.97 Å². The average Bonchev–Trinajstić information content (AvgIpc) is 2.89. The van der Waals surface area contributed by atoms with Crippen LogP contribution in [0, 0.1) is 27.7 Å². The SMILES string of the molecule is COC(=O)c1c(NC(=S)Nc2c(C)nn(C)c2C)sc(C)c1C. The van der Waals surface area contributed by atoms with Crippen molar-refractivity contribution >= 4 is 45.3 Å². The molecule has 0 atom stereocenters. The highest BCUT2D eigenvalue weighted by Gasteiger charge is 2.21. The van der Waals surface area contributed by atoms with Crippen LogP contribution in [0.25, 0.3) is 0 Å². The second kappa shape index (κ2) is 6.67. The van der Waals surface area contributed by atoms with E-state index in [0.717, 1.165) is 27.5 Å². The van der Waals surface area contributed by atoms with E-state index in [1.165, 1.54) is 18.4 Å². The van der Waals surface area contributed by atoms with Gasteiger partial charge in [-0.15, -0.1) is 11.3 Å². The summed E-state index contributed by atoms with van der Waals surface area (Å²) in [5.41, 5.74) is 4.15. The smallest absolute Gasteiger partial charge is 0.341 e. The maximum Gasteiger partial charge on any atom is 0.341 e. The molecule has 2 rings (SSSR count). The zero-order chi connectivity index (χ0) is 17.3. The van der Waals surface area contributed by atoms with Gasteiger partial charge in [0.25, 0.3) is 0 Å². The minimum Gasteiger partial charge on any atom is -0.465 e. The lowest BCUT2D eigenvalue weighted by atomic mass is 10.1. The van der Waals surface area contributed by atoms with E-state index >= 15 is 0 Å². The van der Waals surface area contributed by atoms with Crippen LogP contribution < -0.4 is 10.6 Å². The number of carbonyl (C=O) groups excluding carboxylic acids is 1. The van der Waals surface area contributed by atoms with E-state index in [-0.39, 0.29) is 5.97 Å². The van der Waals surface area contributed by atoms with Gasteiger partial charge in [0.05, 0.1) is 29.7 Å². The van der Waals surface area contributed by atoms with E-state index in [1.54, 1.807) is 4.68 Å². The van der Waals surface area contributed by atoms with Crippen molar-refractivity contribution in [1.29, 1.82) is 0 Å². The van der Waals surface area contributed by atoms with Crippen LogP contribution in [0.1, 0.15) is 32.2 Å². The number of nitrogens with zero attached hydrogens (tertiary/aromatic N) is 2. The third-order valence-corrected chi connectivity index (χ3v) is 5.08. The molecule has 8 heteroatoms. The molecule has 0 radical (unpaired) electrons. The van der Waals surface area contributed by atoms with Gasteiger partial charge in [-0.05, 0) is 45.5 Å². The first-order chi connectivity index (χ1) is 10.8. The second-order valence-corrected chi connectivity index (χ2v) is 6.86. The van der Waals surface area contributed by atoms with Crippen molar-refractivity contribution in [3.63, 3.8) is 0 Å². The molecule has 23 heavy (non-hydrogen) atoms. The van der Waals surface area contributed by atoms with Gasteiger partial charge in [0.1, 0.15) is 5.00 Å². The number of nitrogens with one attached hydrogen (secondary N) is 2. The number of ether oxygens (including phenoxy) is 1. The molecule has 0 aliphatic rings. The normalized spacial score (nSPS) is 10.5. The van der Waals surface area contributed by atoms with E-state index < -0.39 is 0 Å². The Labute approximate surface area is 144 Å².